The average Bonchev–Trinajstić information content (AvgIpc) is 2.71. The van der Waals surface area contributed by atoms with Crippen LogP contribution in [0.15, 0.2) is 60.7 Å². The first-order valence-corrected chi connectivity index (χ1v) is 8.80. The summed E-state index contributed by atoms with van der Waals surface area (Å²) in [7, 11) is 0. The lowest BCUT2D eigenvalue weighted by Gasteiger charge is -2.14. The summed E-state index contributed by atoms with van der Waals surface area (Å²) >= 11 is 5.77. The Bertz CT molecular complexity index is 1040. The van der Waals surface area contributed by atoms with E-state index in [1.165, 1.54) is 0 Å². The van der Waals surface area contributed by atoms with Gasteiger partial charge >= 0.3 is 0 Å². The van der Waals surface area contributed by atoms with E-state index in [1.807, 2.05) is 36.4 Å². The van der Waals surface area contributed by atoms with Gasteiger partial charge in [-0.15, -0.1) is 11.6 Å². The zero-order valence-corrected chi connectivity index (χ0v) is 15.1. The van der Waals surface area contributed by atoms with Crippen molar-refractivity contribution in [1.82, 2.24) is 5.32 Å². The van der Waals surface area contributed by atoms with Crippen LogP contribution in [0.1, 0.15) is 26.3 Å². The SMILES string of the molecule is N#CCNC(=O)c1c(NC(=O)c2ccc(CCl)cc2)ccc2ccccc12. The van der Waals surface area contributed by atoms with Crippen LogP contribution in [0, 0.1) is 11.3 Å². The number of hydrogen-bond acceptors (Lipinski definition) is 3. The number of carbonyl (C=O) groups excluding carboxylic acids is 2. The van der Waals surface area contributed by atoms with E-state index in [1.54, 1.807) is 30.3 Å². The molecule has 0 unspecified atom stereocenters. The Hall–Kier alpha value is -3.36. The van der Waals surface area contributed by atoms with E-state index in [0.29, 0.717) is 28.1 Å². The molecule has 27 heavy (non-hydrogen) atoms. The monoisotopic (exact) mass is 377 g/mol. The van der Waals surface area contributed by atoms with Crippen molar-refractivity contribution < 1.29 is 9.59 Å². The quantitative estimate of drug-likeness (QED) is 0.519. The van der Waals surface area contributed by atoms with Gasteiger partial charge in [-0.3, -0.25) is 9.59 Å². The fraction of sp³-hybridized carbons (Fsp3) is 0.0952. The normalized spacial score (nSPS) is 10.2. The number of nitrogens with one attached hydrogen (secondary N) is 2. The second-order valence-electron chi connectivity index (χ2n) is 5.83. The molecule has 3 rings (SSSR count). The molecule has 0 aliphatic carbocycles. The molecule has 0 bridgehead atoms. The van der Waals surface area contributed by atoms with Gasteiger partial charge in [0.25, 0.3) is 11.8 Å². The van der Waals surface area contributed by atoms with Crippen molar-refractivity contribution in [3.8, 4) is 6.07 Å². The number of hydrogen-bond donors (Lipinski definition) is 2. The van der Waals surface area contributed by atoms with Gasteiger partial charge in [-0.1, -0.05) is 42.5 Å². The molecule has 0 heterocycles. The predicted octanol–water partition coefficient (Wildman–Crippen LogP) is 4.08. The van der Waals surface area contributed by atoms with Gasteiger partial charge in [-0.25, -0.2) is 0 Å². The van der Waals surface area contributed by atoms with Crippen molar-refractivity contribution in [2.24, 2.45) is 0 Å². The summed E-state index contributed by atoms with van der Waals surface area (Å²) in [5.74, 6) is -0.377. The van der Waals surface area contributed by atoms with Gasteiger partial charge in [0.1, 0.15) is 6.54 Å². The van der Waals surface area contributed by atoms with Crippen molar-refractivity contribution in [3.63, 3.8) is 0 Å². The lowest BCUT2D eigenvalue weighted by atomic mass is 10.0. The molecule has 3 aromatic carbocycles. The van der Waals surface area contributed by atoms with Gasteiger partial charge < -0.3 is 10.6 Å². The highest BCUT2D eigenvalue weighted by atomic mass is 35.5. The molecule has 0 aliphatic heterocycles. The van der Waals surface area contributed by atoms with Gasteiger partial charge in [0.05, 0.1) is 17.3 Å². The highest BCUT2D eigenvalue weighted by Gasteiger charge is 2.17. The Balaban J connectivity index is 1.98. The molecule has 0 radical (unpaired) electrons. The number of rotatable bonds is 5. The van der Waals surface area contributed by atoms with Crippen LogP contribution in [0.5, 0.6) is 0 Å². The number of amides is 2. The highest BCUT2D eigenvalue weighted by Crippen LogP contribution is 2.27. The minimum absolute atomic E-state index is 0.116. The van der Waals surface area contributed by atoms with Crippen molar-refractivity contribution in [3.05, 3.63) is 77.4 Å². The minimum atomic E-state index is -0.416. The standard InChI is InChI=1S/C21H16ClN3O2/c22-13-14-5-7-16(8-6-14)20(26)25-18-10-9-15-3-1-2-4-17(15)19(18)21(27)24-12-11-23/h1-10H,12-13H2,(H,24,27)(H,25,26). The van der Waals surface area contributed by atoms with Gasteiger partial charge in [-0.05, 0) is 34.5 Å². The highest BCUT2D eigenvalue weighted by molar-refractivity contribution is 6.17. The van der Waals surface area contributed by atoms with Crippen LogP contribution >= 0.6 is 11.6 Å². The number of fused-ring (bicyclic) bond motifs is 1. The molecule has 0 saturated carbocycles. The summed E-state index contributed by atoms with van der Waals surface area (Å²) in [6.45, 7) is -0.116. The van der Waals surface area contributed by atoms with E-state index in [-0.39, 0.29) is 12.5 Å². The summed E-state index contributed by atoms with van der Waals surface area (Å²) in [5, 5.41) is 15.6. The van der Waals surface area contributed by atoms with E-state index in [2.05, 4.69) is 10.6 Å². The zero-order chi connectivity index (χ0) is 19.2. The maximum atomic E-state index is 12.6. The van der Waals surface area contributed by atoms with Gasteiger partial charge in [-0.2, -0.15) is 5.26 Å². The Morgan fingerprint density at radius 3 is 2.41 bits per heavy atom. The Kier molecular flexibility index (Phi) is 5.70. The third-order valence-electron chi connectivity index (χ3n) is 4.10. The number of benzene rings is 3. The molecule has 2 N–H and O–H groups in total. The predicted molar refractivity (Wildman–Crippen MR) is 106 cm³/mol. The van der Waals surface area contributed by atoms with Gasteiger partial charge in [0.15, 0.2) is 0 Å². The fourth-order valence-corrected chi connectivity index (χ4v) is 2.95. The smallest absolute Gasteiger partial charge is 0.255 e. The average molecular weight is 378 g/mol. The van der Waals surface area contributed by atoms with Gasteiger partial charge in [0, 0.05) is 11.4 Å². The van der Waals surface area contributed by atoms with Crippen molar-refractivity contribution in [1.29, 1.82) is 5.26 Å². The summed E-state index contributed by atoms with van der Waals surface area (Å²) in [6.07, 6.45) is 0. The molecule has 5 nitrogen and oxygen atoms in total. The van der Waals surface area contributed by atoms with Crippen LogP contribution < -0.4 is 10.6 Å². The number of alkyl halides is 1. The van der Waals surface area contributed by atoms with E-state index >= 15 is 0 Å². The number of anilines is 1. The Morgan fingerprint density at radius 2 is 1.70 bits per heavy atom. The van der Waals surface area contributed by atoms with E-state index < -0.39 is 5.91 Å². The maximum absolute atomic E-state index is 12.6. The lowest BCUT2D eigenvalue weighted by Crippen LogP contribution is -2.25. The molecular formula is C21H16ClN3O2. The Labute approximate surface area is 161 Å². The molecule has 134 valence electrons. The largest absolute Gasteiger partial charge is 0.339 e. The van der Waals surface area contributed by atoms with Crippen LogP contribution in [0.2, 0.25) is 0 Å². The van der Waals surface area contributed by atoms with E-state index in [4.69, 9.17) is 16.9 Å². The van der Waals surface area contributed by atoms with Crippen molar-refractivity contribution in [2.75, 3.05) is 11.9 Å². The molecule has 0 aromatic heterocycles. The van der Waals surface area contributed by atoms with Crippen molar-refractivity contribution >= 4 is 39.9 Å². The summed E-state index contributed by atoms with van der Waals surface area (Å²) in [6, 6.07) is 19.7. The third kappa shape index (κ3) is 4.08. The number of halogens is 1. The van der Waals surface area contributed by atoms with Gasteiger partial charge in [0.2, 0.25) is 0 Å². The van der Waals surface area contributed by atoms with Crippen molar-refractivity contribution in [2.45, 2.75) is 5.88 Å². The van der Waals surface area contributed by atoms with Crippen LogP contribution in [-0.4, -0.2) is 18.4 Å². The summed E-state index contributed by atoms with van der Waals surface area (Å²) in [4.78, 5) is 25.2. The van der Waals surface area contributed by atoms with Crippen LogP contribution in [0.3, 0.4) is 0 Å². The second kappa shape index (κ2) is 8.35. The molecule has 0 aliphatic rings. The molecule has 3 aromatic rings. The summed E-state index contributed by atoms with van der Waals surface area (Å²) < 4.78 is 0. The molecule has 2 amide bonds. The lowest BCUT2D eigenvalue weighted by molar-refractivity contribution is 0.0961. The van der Waals surface area contributed by atoms with E-state index in [0.717, 1.165) is 10.9 Å². The zero-order valence-electron chi connectivity index (χ0n) is 14.3. The molecular weight excluding hydrogens is 362 g/mol. The topological polar surface area (TPSA) is 82.0 Å². The van der Waals surface area contributed by atoms with Crippen LogP contribution in [0.25, 0.3) is 10.8 Å². The molecule has 0 saturated heterocycles. The molecule has 0 spiro atoms. The first-order valence-electron chi connectivity index (χ1n) is 8.27. The fourth-order valence-electron chi connectivity index (χ4n) is 2.77. The summed E-state index contributed by atoms with van der Waals surface area (Å²) in [5.41, 5.74) is 2.08. The second-order valence-corrected chi connectivity index (χ2v) is 6.10. The number of nitrogens with zero attached hydrogens (tertiary/aromatic N) is 1. The maximum Gasteiger partial charge on any atom is 0.255 e. The Morgan fingerprint density at radius 1 is 0.963 bits per heavy atom. The molecule has 0 fully saturated rings. The minimum Gasteiger partial charge on any atom is -0.339 e. The number of nitriles is 1. The van der Waals surface area contributed by atoms with Crippen LogP contribution in [-0.2, 0) is 5.88 Å². The number of carbonyl (C=O) groups is 2. The molecule has 0 atom stereocenters. The third-order valence-corrected chi connectivity index (χ3v) is 4.41. The first kappa shape index (κ1) is 18.4. The van der Waals surface area contributed by atoms with E-state index in [9.17, 15) is 9.59 Å². The van der Waals surface area contributed by atoms with Crippen LogP contribution in [0.4, 0.5) is 5.69 Å². The first-order chi connectivity index (χ1) is 13.1. The molecule has 6 heteroatoms.